The maximum atomic E-state index is 4.96. The van der Waals surface area contributed by atoms with Crippen LogP contribution >= 0.6 is 11.5 Å². The summed E-state index contributed by atoms with van der Waals surface area (Å²) >= 11 is 1.58. The van der Waals surface area contributed by atoms with Crippen LogP contribution in [0.5, 0.6) is 0 Å². The highest BCUT2D eigenvalue weighted by molar-refractivity contribution is 7.05. The first kappa shape index (κ1) is 19.3. The SMILES string of the molecule is CCc1cccc2c(-c3nsc(CN4CCCC4)n3)cn(CC3CCCCC3)c12. The zero-order chi connectivity index (χ0) is 19.6. The highest BCUT2D eigenvalue weighted by Gasteiger charge is 2.21. The van der Waals surface area contributed by atoms with Gasteiger partial charge in [0.2, 0.25) is 0 Å². The lowest BCUT2D eigenvalue weighted by atomic mass is 9.89. The summed E-state index contributed by atoms with van der Waals surface area (Å²) < 4.78 is 7.31. The normalized spacial score (nSPS) is 18.8. The first-order chi connectivity index (χ1) is 14.3. The van der Waals surface area contributed by atoms with Gasteiger partial charge in [-0.25, -0.2) is 4.98 Å². The van der Waals surface area contributed by atoms with E-state index < -0.39 is 0 Å². The lowest BCUT2D eigenvalue weighted by molar-refractivity contribution is 0.322. The van der Waals surface area contributed by atoms with Gasteiger partial charge in [-0.3, -0.25) is 4.90 Å². The predicted molar refractivity (Wildman–Crippen MR) is 121 cm³/mol. The smallest absolute Gasteiger partial charge is 0.175 e. The standard InChI is InChI=1S/C24H32N4S/c1-2-19-11-8-12-20-21(16-28(23(19)20)15-18-9-4-3-5-10-18)24-25-22(29-26-24)17-27-13-6-7-14-27/h8,11-12,16,18H,2-7,9-10,13-15,17H2,1H3. The molecule has 0 unspecified atom stereocenters. The van der Waals surface area contributed by atoms with Crippen molar-refractivity contribution in [2.45, 2.75) is 71.4 Å². The second kappa shape index (κ2) is 8.57. The molecule has 3 heterocycles. The third-order valence-corrected chi connectivity index (χ3v) is 7.50. The number of nitrogens with zero attached hydrogens (tertiary/aromatic N) is 4. The van der Waals surface area contributed by atoms with Crippen LogP contribution in [-0.2, 0) is 19.5 Å². The Labute approximate surface area is 178 Å². The Hall–Kier alpha value is -1.72. The van der Waals surface area contributed by atoms with Crippen molar-refractivity contribution >= 4 is 22.4 Å². The molecular weight excluding hydrogens is 376 g/mol. The topological polar surface area (TPSA) is 34.0 Å². The number of rotatable bonds is 6. The van der Waals surface area contributed by atoms with Crippen molar-refractivity contribution in [3.8, 4) is 11.4 Å². The molecule has 29 heavy (non-hydrogen) atoms. The van der Waals surface area contributed by atoms with Gasteiger partial charge in [-0.05, 0) is 68.2 Å². The number of para-hydroxylation sites is 1. The molecule has 0 N–H and O–H groups in total. The Kier molecular flexibility index (Phi) is 5.69. The van der Waals surface area contributed by atoms with Crippen molar-refractivity contribution in [2.24, 2.45) is 5.92 Å². The van der Waals surface area contributed by atoms with Gasteiger partial charge < -0.3 is 4.57 Å². The zero-order valence-corrected chi connectivity index (χ0v) is 18.4. The fourth-order valence-electron chi connectivity index (χ4n) is 5.25. The Morgan fingerprint density at radius 3 is 2.69 bits per heavy atom. The summed E-state index contributed by atoms with van der Waals surface area (Å²) in [5.41, 5.74) is 4.07. The van der Waals surface area contributed by atoms with E-state index in [1.807, 2.05) is 0 Å². The molecule has 2 fully saturated rings. The van der Waals surface area contributed by atoms with Gasteiger partial charge in [0.05, 0.1) is 12.1 Å². The average Bonchev–Trinajstić information content (AvgIpc) is 3.50. The molecule has 1 saturated heterocycles. The molecule has 0 atom stereocenters. The summed E-state index contributed by atoms with van der Waals surface area (Å²) in [6, 6.07) is 6.76. The Morgan fingerprint density at radius 1 is 1.07 bits per heavy atom. The highest BCUT2D eigenvalue weighted by Crippen LogP contribution is 2.34. The van der Waals surface area contributed by atoms with E-state index in [0.717, 1.165) is 36.3 Å². The molecule has 1 aromatic carbocycles. The summed E-state index contributed by atoms with van der Waals surface area (Å²) in [5, 5.41) is 2.48. The van der Waals surface area contributed by atoms with E-state index in [1.54, 1.807) is 11.5 Å². The van der Waals surface area contributed by atoms with Crippen LogP contribution in [0.1, 0.15) is 62.4 Å². The number of hydrogen-bond acceptors (Lipinski definition) is 4. The van der Waals surface area contributed by atoms with Gasteiger partial charge in [0.1, 0.15) is 5.01 Å². The van der Waals surface area contributed by atoms with E-state index in [-0.39, 0.29) is 0 Å². The predicted octanol–water partition coefficient (Wildman–Crippen LogP) is 5.90. The molecule has 1 aliphatic carbocycles. The maximum Gasteiger partial charge on any atom is 0.175 e. The van der Waals surface area contributed by atoms with Gasteiger partial charge in [-0.2, -0.15) is 4.37 Å². The second-order valence-corrected chi connectivity index (χ2v) is 9.70. The molecule has 0 bridgehead atoms. The summed E-state index contributed by atoms with van der Waals surface area (Å²) in [4.78, 5) is 7.47. The van der Waals surface area contributed by atoms with Crippen LogP contribution in [0, 0.1) is 5.92 Å². The van der Waals surface area contributed by atoms with Crippen molar-refractivity contribution in [2.75, 3.05) is 13.1 Å². The van der Waals surface area contributed by atoms with Crippen LogP contribution in [0.3, 0.4) is 0 Å². The van der Waals surface area contributed by atoms with E-state index in [1.165, 1.54) is 80.1 Å². The molecule has 0 amide bonds. The van der Waals surface area contributed by atoms with Gasteiger partial charge >= 0.3 is 0 Å². The molecular formula is C24H32N4S. The third-order valence-electron chi connectivity index (χ3n) is 6.81. The molecule has 1 aliphatic heterocycles. The van der Waals surface area contributed by atoms with E-state index in [0.29, 0.717) is 0 Å². The zero-order valence-electron chi connectivity index (χ0n) is 17.6. The Morgan fingerprint density at radius 2 is 1.90 bits per heavy atom. The number of benzene rings is 1. The molecule has 5 rings (SSSR count). The Bertz CT molecular complexity index is 961. The molecule has 1 saturated carbocycles. The number of aromatic nitrogens is 3. The van der Waals surface area contributed by atoms with Crippen molar-refractivity contribution in [1.29, 1.82) is 0 Å². The summed E-state index contributed by atoms with van der Waals surface area (Å²) in [6.45, 7) is 6.77. The van der Waals surface area contributed by atoms with Crippen LogP contribution in [0.15, 0.2) is 24.4 Å². The molecule has 0 radical (unpaired) electrons. The van der Waals surface area contributed by atoms with Crippen molar-refractivity contribution in [1.82, 2.24) is 18.8 Å². The molecule has 2 aromatic heterocycles. The summed E-state index contributed by atoms with van der Waals surface area (Å²) in [5.74, 6) is 1.73. The van der Waals surface area contributed by atoms with Gasteiger partial charge in [0.25, 0.3) is 0 Å². The highest BCUT2D eigenvalue weighted by atomic mass is 32.1. The molecule has 5 heteroatoms. The quantitative estimate of drug-likeness (QED) is 0.509. The summed E-state index contributed by atoms with van der Waals surface area (Å²) in [6.07, 6.45) is 13.0. The van der Waals surface area contributed by atoms with Crippen LogP contribution in [0.2, 0.25) is 0 Å². The minimum absolute atomic E-state index is 0.811. The molecule has 154 valence electrons. The van der Waals surface area contributed by atoms with Gasteiger partial charge in [-0.1, -0.05) is 44.4 Å². The van der Waals surface area contributed by atoms with Crippen molar-refractivity contribution in [3.05, 3.63) is 35.0 Å². The van der Waals surface area contributed by atoms with Crippen LogP contribution in [0.25, 0.3) is 22.3 Å². The monoisotopic (exact) mass is 408 g/mol. The maximum absolute atomic E-state index is 4.96. The van der Waals surface area contributed by atoms with Crippen molar-refractivity contribution in [3.63, 3.8) is 0 Å². The van der Waals surface area contributed by atoms with E-state index >= 15 is 0 Å². The molecule has 0 spiro atoms. The minimum atomic E-state index is 0.811. The second-order valence-electron chi connectivity index (χ2n) is 8.86. The van der Waals surface area contributed by atoms with Crippen molar-refractivity contribution < 1.29 is 0 Å². The largest absolute Gasteiger partial charge is 0.346 e. The van der Waals surface area contributed by atoms with E-state index in [4.69, 9.17) is 9.36 Å². The molecule has 3 aromatic rings. The number of likely N-dealkylation sites (tertiary alicyclic amines) is 1. The number of hydrogen-bond donors (Lipinski definition) is 0. The van der Waals surface area contributed by atoms with Crippen LogP contribution < -0.4 is 0 Å². The van der Waals surface area contributed by atoms with Crippen LogP contribution in [0.4, 0.5) is 0 Å². The Balaban J connectivity index is 1.49. The van der Waals surface area contributed by atoms with Crippen LogP contribution in [-0.4, -0.2) is 31.9 Å². The first-order valence-corrected chi connectivity index (χ1v) is 12.2. The molecule has 4 nitrogen and oxygen atoms in total. The lowest BCUT2D eigenvalue weighted by Gasteiger charge is -2.22. The van der Waals surface area contributed by atoms with Gasteiger partial charge in [0.15, 0.2) is 5.82 Å². The van der Waals surface area contributed by atoms with Gasteiger partial charge in [-0.15, -0.1) is 0 Å². The summed E-state index contributed by atoms with van der Waals surface area (Å²) in [7, 11) is 0. The lowest BCUT2D eigenvalue weighted by Crippen LogP contribution is -2.18. The average molecular weight is 409 g/mol. The third kappa shape index (κ3) is 3.99. The molecule has 2 aliphatic rings. The van der Waals surface area contributed by atoms with Gasteiger partial charge in [0, 0.05) is 23.7 Å². The minimum Gasteiger partial charge on any atom is -0.346 e. The number of fused-ring (bicyclic) bond motifs is 1. The fraction of sp³-hybridized carbons (Fsp3) is 0.583. The fourth-order valence-corrected chi connectivity index (χ4v) is 5.95. The number of aryl methyl sites for hydroxylation is 1. The van der Waals surface area contributed by atoms with E-state index in [9.17, 15) is 0 Å². The van der Waals surface area contributed by atoms with E-state index in [2.05, 4.69) is 40.8 Å². The first-order valence-electron chi connectivity index (χ1n) is 11.5.